The van der Waals surface area contributed by atoms with Crippen molar-refractivity contribution in [2.45, 2.75) is 33.2 Å². The van der Waals surface area contributed by atoms with Crippen LogP contribution in [0.2, 0.25) is 0 Å². The second kappa shape index (κ2) is 4.53. The Morgan fingerprint density at radius 1 is 1.47 bits per heavy atom. The van der Waals surface area contributed by atoms with E-state index in [0.29, 0.717) is 6.04 Å². The van der Waals surface area contributed by atoms with Crippen LogP contribution in [0.25, 0.3) is 10.2 Å². The van der Waals surface area contributed by atoms with Crippen LogP contribution in [-0.4, -0.2) is 18.1 Å². The van der Waals surface area contributed by atoms with Crippen LogP contribution < -0.4 is 10.6 Å². The van der Waals surface area contributed by atoms with E-state index < -0.39 is 0 Å². The normalized spacial score (nSPS) is 12.9. The maximum atomic E-state index is 6.13. The molecule has 0 aliphatic rings. The third-order valence-electron chi connectivity index (χ3n) is 3.28. The van der Waals surface area contributed by atoms with Gasteiger partial charge in [0, 0.05) is 13.1 Å². The molecule has 0 saturated carbocycles. The van der Waals surface area contributed by atoms with Crippen LogP contribution in [0.1, 0.15) is 25.3 Å². The first-order valence-electron chi connectivity index (χ1n) is 5.92. The fraction of sp³-hybridized carbons (Fsp3) is 0.462. The molecule has 2 N–H and O–H groups in total. The topological polar surface area (TPSA) is 42.2 Å². The summed E-state index contributed by atoms with van der Waals surface area (Å²) < 4.78 is 1.17. The van der Waals surface area contributed by atoms with Gasteiger partial charge in [-0.15, -0.1) is 11.3 Å². The van der Waals surface area contributed by atoms with E-state index >= 15 is 0 Å². The molecule has 0 radical (unpaired) electrons. The molecule has 1 aromatic carbocycles. The molecule has 0 aliphatic carbocycles. The van der Waals surface area contributed by atoms with Crippen molar-refractivity contribution in [2.75, 3.05) is 17.7 Å². The van der Waals surface area contributed by atoms with Crippen molar-refractivity contribution < 1.29 is 0 Å². The molecule has 17 heavy (non-hydrogen) atoms. The highest BCUT2D eigenvalue weighted by Crippen LogP contribution is 2.32. The zero-order valence-corrected chi connectivity index (χ0v) is 11.6. The monoisotopic (exact) mass is 249 g/mol. The Balaban J connectivity index is 2.49. The molecule has 0 spiro atoms. The SMILES string of the molecule is CCC(C)N(C)c1cc2nc(C)sc2cc1N. The Bertz CT molecular complexity index is 533. The zero-order valence-electron chi connectivity index (χ0n) is 10.8. The first-order chi connectivity index (χ1) is 8.02. The highest BCUT2D eigenvalue weighted by Gasteiger charge is 2.13. The number of benzene rings is 1. The van der Waals surface area contributed by atoms with Crippen LogP contribution in [0.5, 0.6) is 0 Å². The average molecular weight is 249 g/mol. The first-order valence-corrected chi connectivity index (χ1v) is 6.74. The van der Waals surface area contributed by atoms with Gasteiger partial charge in [0.1, 0.15) is 0 Å². The Kier molecular flexibility index (Phi) is 3.24. The standard InChI is InChI=1S/C13H19N3S/c1-5-8(2)16(4)12-7-11-13(6-10(12)14)17-9(3)15-11/h6-8H,5,14H2,1-4H3. The quantitative estimate of drug-likeness (QED) is 0.847. The number of nitrogens with two attached hydrogens (primary N) is 1. The van der Waals surface area contributed by atoms with Crippen LogP contribution in [0, 0.1) is 6.92 Å². The van der Waals surface area contributed by atoms with Crippen LogP contribution in [0.4, 0.5) is 11.4 Å². The van der Waals surface area contributed by atoms with Gasteiger partial charge in [-0.05, 0) is 32.4 Å². The molecule has 0 bridgehead atoms. The van der Waals surface area contributed by atoms with Crippen molar-refractivity contribution >= 4 is 32.9 Å². The molecule has 1 heterocycles. The number of rotatable bonds is 3. The van der Waals surface area contributed by atoms with Gasteiger partial charge in [-0.2, -0.15) is 0 Å². The predicted octanol–water partition coefficient (Wildman–Crippen LogP) is 3.42. The summed E-state index contributed by atoms with van der Waals surface area (Å²) in [5, 5.41) is 1.09. The van der Waals surface area contributed by atoms with Gasteiger partial charge < -0.3 is 10.6 Å². The van der Waals surface area contributed by atoms with Crippen molar-refractivity contribution in [2.24, 2.45) is 0 Å². The fourth-order valence-electron chi connectivity index (χ4n) is 1.91. The molecule has 0 amide bonds. The van der Waals surface area contributed by atoms with Gasteiger partial charge in [0.25, 0.3) is 0 Å². The molecule has 0 aliphatic heterocycles. The number of nitrogen functional groups attached to an aromatic ring is 1. The van der Waals surface area contributed by atoms with Gasteiger partial charge in [-0.3, -0.25) is 0 Å². The lowest BCUT2D eigenvalue weighted by molar-refractivity contribution is 0.665. The van der Waals surface area contributed by atoms with Crippen molar-refractivity contribution in [3.8, 4) is 0 Å². The van der Waals surface area contributed by atoms with Crippen LogP contribution >= 0.6 is 11.3 Å². The first kappa shape index (κ1) is 12.2. The summed E-state index contributed by atoms with van der Waals surface area (Å²) in [6.07, 6.45) is 1.10. The van der Waals surface area contributed by atoms with E-state index in [0.717, 1.165) is 28.3 Å². The molecule has 92 valence electrons. The summed E-state index contributed by atoms with van der Waals surface area (Å²) in [4.78, 5) is 6.74. The number of thiazole rings is 1. The Hall–Kier alpha value is -1.29. The molecular weight excluding hydrogens is 230 g/mol. The summed E-state index contributed by atoms with van der Waals surface area (Å²) >= 11 is 1.69. The van der Waals surface area contributed by atoms with Crippen LogP contribution in [0.3, 0.4) is 0 Å². The molecule has 1 aromatic heterocycles. The summed E-state index contributed by atoms with van der Waals surface area (Å²) in [6.45, 7) is 6.41. The third kappa shape index (κ3) is 2.22. The summed E-state index contributed by atoms with van der Waals surface area (Å²) in [5.74, 6) is 0. The van der Waals surface area contributed by atoms with Crippen molar-refractivity contribution in [3.05, 3.63) is 17.1 Å². The molecule has 0 fully saturated rings. The molecule has 3 nitrogen and oxygen atoms in total. The lowest BCUT2D eigenvalue weighted by Gasteiger charge is -2.27. The van der Waals surface area contributed by atoms with Gasteiger partial charge in [0.15, 0.2) is 0 Å². The average Bonchev–Trinajstić information content (AvgIpc) is 2.65. The van der Waals surface area contributed by atoms with Crippen molar-refractivity contribution in [1.82, 2.24) is 4.98 Å². The maximum absolute atomic E-state index is 6.13. The number of nitrogens with zero attached hydrogens (tertiary/aromatic N) is 2. The number of aromatic nitrogens is 1. The molecule has 4 heteroatoms. The highest BCUT2D eigenvalue weighted by molar-refractivity contribution is 7.18. The number of fused-ring (bicyclic) bond motifs is 1. The van der Waals surface area contributed by atoms with Crippen molar-refractivity contribution in [3.63, 3.8) is 0 Å². The van der Waals surface area contributed by atoms with E-state index in [1.807, 2.05) is 13.0 Å². The minimum Gasteiger partial charge on any atom is -0.397 e. The van der Waals surface area contributed by atoms with Crippen molar-refractivity contribution in [1.29, 1.82) is 0 Å². The Labute approximate surface area is 106 Å². The number of anilines is 2. The molecule has 1 unspecified atom stereocenters. The van der Waals surface area contributed by atoms with Crippen LogP contribution in [-0.2, 0) is 0 Å². The number of hydrogen-bond acceptors (Lipinski definition) is 4. The molecule has 2 rings (SSSR count). The predicted molar refractivity (Wildman–Crippen MR) is 76.9 cm³/mol. The van der Waals surface area contributed by atoms with E-state index in [1.54, 1.807) is 11.3 Å². The van der Waals surface area contributed by atoms with E-state index in [4.69, 9.17) is 5.73 Å². The molecule has 2 aromatic rings. The zero-order chi connectivity index (χ0) is 12.6. The van der Waals surface area contributed by atoms with E-state index in [1.165, 1.54) is 4.70 Å². The lowest BCUT2D eigenvalue weighted by atomic mass is 10.1. The minimum atomic E-state index is 0.481. The lowest BCUT2D eigenvalue weighted by Crippen LogP contribution is -2.28. The number of hydrogen-bond donors (Lipinski definition) is 1. The van der Waals surface area contributed by atoms with E-state index in [2.05, 4.69) is 36.8 Å². The molecular formula is C13H19N3S. The molecule has 0 saturated heterocycles. The van der Waals surface area contributed by atoms with Crippen LogP contribution in [0.15, 0.2) is 12.1 Å². The fourth-order valence-corrected chi connectivity index (χ4v) is 2.77. The van der Waals surface area contributed by atoms with Gasteiger partial charge in [-0.1, -0.05) is 6.92 Å². The third-order valence-corrected chi connectivity index (χ3v) is 4.21. The minimum absolute atomic E-state index is 0.481. The second-order valence-electron chi connectivity index (χ2n) is 4.48. The summed E-state index contributed by atoms with van der Waals surface area (Å²) in [5.41, 5.74) is 9.09. The number of aryl methyl sites for hydroxylation is 1. The van der Waals surface area contributed by atoms with Gasteiger partial charge >= 0.3 is 0 Å². The largest absolute Gasteiger partial charge is 0.397 e. The smallest absolute Gasteiger partial charge is 0.0907 e. The Morgan fingerprint density at radius 3 is 2.82 bits per heavy atom. The van der Waals surface area contributed by atoms with Gasteiger partial charge in [0.2, 0.25) is 0 Å². The van der Waals surface area contributed by atoms with E-state index in [-0.39, 0.29) is 0 Å². The highest BCUT2D eigenvalue weighted by atomic mass is 32.1. The summed E-state index contributed by atoms with van der Waals surface area (Å²) in [6, 6.07) is 4.61. The molecule has 1 atom stereocenters. The Morgan fingerprint density at radius 2 is 2.18 bits per heavy atom. The van der Waals surface area contributed by atoms with Gasteiger partial charge in [-0.25, -0.2) is 4.98 Å². The maximum Gasteiger partial charge on any atom is 0.0907 e. The van der Waals surface area contributed by atoms with Gasteiger partial charge in [0.05, 0.1) is 26.6 Å². The second-order valence-corrected chi connectivity index (χ2v) is 5.71. The van der Waals surface area contributed by atoms with E-state index in [9.17, 15) is 0 Å². The summed E-state index contributed by atoms with van der Waals surface area (Å²) in [7, 11) is 2.09.